The Kier molecular flexibility index (Phi) is 3.30. The van der Waals surface area contributed by atoms with Crippen molar-refractivity contribution in [1.29, 1.82) is 0 Å². The van der Waals surface area contributed by atoms with Gasteiger partial charge in [-0.2, -0.15) is 4.80 Å². The highest BCUT2D eigenvalue weighted by Crippen LogP contribution is 2.16. The first-order chi connectivity index (χ1) is 9.76. The molecule has 0 aliphatic carbocycles. The zero-order chi connectivity index (χ0) is 13.9. The van der Waals surface area contributed by atoms with Gasteiger partial charge in [0.15, 0.2) is 0 Å². The van der Waals surface area contributed by atoms with Crippen molar-refractivity contribution < 1.29 is 4.42 Å². The Hall–Kier alpha value is -2.47. The first kappa shape index (κ1) is 12.6. The Morgan fingerprint density at radius 3 is 2.75 bits per heavy atom. The zero-order valence-electron chi connectivity index (χ0n) is 11.2. The van der Waals surface area contributed by atoms with E-state index in [0.29, 0.717) is 18.9 Å². The molecule has 20 heavy (non-hydrogen) atoms. The van der Waals surface area contributed by atoms with E-state index in [2.05, 4.69) is 15.4 Å². The Morgan fingerprint density at radius 2 is 2.05 bits per heavy atom. The first-order valence-corrected chi connectivity index (χ1v) is 6.38. The molecule has 0 bridgehead atoms. The van der Waals surface area contributed by atoms with Crippen LogP contribution >= 0.6 is 0 Å². The van der Waals surface area contributed by atoms with Crippen molar-refractivity contribution in [3.63, 3.8) is 0 Å². The molecule has 0 saturated carbocycles. The predicted molar refractivity (Wildman–Crippen MR) is 73.7 cm³/mol. The van der Waals surface area contributed by atoms with Crippen LogP contribution in [-0.2, 0) is 13.1 Å². The molecule has 102 valence electrons. The van der Waals surface area contributed by atoms with Gasteiger partial charge in [-0.05, 0) is 18.2 Å². The lowest BCUT2D eigenvalue weighted by molar-refractivity contribution is 0.436. The molecular formula is C14H15N5O. The maximum absolute atomic E-state index is 5.63. The molecule has 2 heterocycles. The van der Waals surface area contributed by atoms with Crippen LogP contribution in [0.3, 0.4) is 0 Å². The van der Waals surface area contributed by atoms with Gasteiger partial charge in [-0.25, -0.2) is 0 Å². The van der Waals surface area contributed by atoms with Gasteiger partial charge in [-0.1, -0.05) is 30.3 Å². The number of rotatable bonds is 4. The summed E-state index contributed by atoms with van der Waals surface area (Å²) >= 11 is 0. The summed E-state index contributed by atoms with van der Waals surface area (Å²) in [5.74, 6) is 2.22. The van der Waals surface area contributed by atoms with E-state index < -0.39 is 0 Å². The minimum atomic E-state index is 0.445. The average molecular weight is 269 g/mol. The summed E-state index contributed by atoms with van der Waals surface area (Å²) in [6, 6.07) is 11.7. The van der Waals surface area contributed by atoms with Gasteiger partial charge in [-0.3, -0.25) is 0 Å². The number of aryl methyl sites for hydroxylation is 1. The fourth-order valence-electron chi connectivity index (χ4n) is 2.02. The van der Waals surface area contributed by atoms with Crippen LogP contribution in [0.5, 0.6) is 0 Å². The smallest absolute Gasteiger partial charge is 0.204 e. The van der Waals surface area contributed by atoms with Gasteiger partial charge < -0.3 is 10.2 Å². The molecule has 0 aliphatic rings. The number of benzene rings is 1. The first-order valence-electron chi connectivity index (χ1n) is 6.38. The Balaban J connectivity index is 1.80. The van der Waals surface area contributed by atoms with E-state index in [-0.39, 0.29) is 0 Å². The molecule has 0 unspecified atom stereocenters. The molecule has 3 rings (SSSR count). The monoisotopic (exact) mass is 269 g/mol. The van der Waals surface area contributed by atoms with Crippen molar-refractivity contribution in [1.82, 2.24) is 20.2 Å². The molecule has 0 spiro atoms. The number of hydrogen-bond acceptors (Lipinski definition) is 5. The third-order valence-corrected chi connectivity index (χ3v) is 3.07. The predicted octanol–water partition coefficient (Wildman–Crippen LogP) is 1.75. The molecule has 6 nitrogen and oxygen atoms in total. The van der Waals surface area contributed by atoms with E-state index >= 15 is 0 Å². The standard InChI is InChI=1S/C14H15N5O/c1-10-12(8-15)7-13(20-10)9-19-17-14(16-18-19)11-5-3-2-4-6-11/h2-7H,8-9,15H2,1H3. The maximum atomic E-state index is 5.63. The lowest BCUT2D eigenvalue weighted by Crippen LogP contribution is -2.03. The molecule has 2 aromatic heterocycles. The Morgan fingerprint density at radius 1 is 1.25 bits per heavy atom. The fourth-order valence-corrected chi connectivity index (χ4v) is 2.02. The zero-order valence-corrected chi connectivity index (χ0v) is 11.2. The van der Waals surface area contributed by atoms with Crippen molar-refractivity contribution in [3.8, 4) is 11.4 Å². The van der Waals surface area contributed by atoms with Crippen LogP contribution in [0.4, 0.5) is 0 Å². The van der Waals surface area contributed by atoms with Crippen molar-refractivity contribution in [2.45, 2.75) is 20.0 Å². The van der Waals surface area contributed by atoms with E-state index in [0.717, 1.165) is 22.6 Å². The molecular weight excluding hydrogens is 254 g/mol. The Labute approximate surface area is 116 Å². The third-order valence-electron chi connectivity index (χ3n) is 3.07. The lowest BCUT2D eigenvalue weighted by Gasteiger charge is -1.94. The molecule has 3 aromatic rings. The molecule has 0 aliphatic heterocycles. The van der Waals surface area contributed by atoms with Crippen molar-refractivity contribution in [2.24, 2.45) is 5.73 Å². The Bertz CT molecular complexity index is 701. The fraction of sp³-hybridized carbons (Fsp3) is 0.214. The quantitative estimate of drug-likeness (QED) is 0.780. The van der Waals surface area contributed by atoms with Crippen LogP contribution < -0.4 is 5.73 Å². The number of hydrogen-bond donors (Lipinski definition) is 1. The summed E-state index contributed by atoms with van der Waals surface area (Å²) < 4.78 is 5.62. The van der Waals surface area contributed by atoms with Gasteiger partial charge in [-0.15, -0.1) is 10.2 Å². The number of nitrogens with zero attached hydrogens (tertiary/aromatic N) is 4. The summed E-state index contributed by atoms with van der Waals surface area (Å²) in [5.41, 5.74) is 7.57. The van der Waals surface area contributed by atoms with E-state index in [1.807, 2.05) is 43.3 Å². The van der Waals surface area contributed by atoms with E-state index in [1.54, 1.807) is 0 Å². The summed E-state index contributed by atoms with van der Waals surface area (Å²) in [5, 5.41) is 12.4. The number of aromatic nitrogens is 4. The largest absolute Gasteiger partial charge is 0.464 e. The lowest BCUT2D eigenvalue weighted by atomic mass is 10.2. The summed E-state index contributed by atoms with van der Waals surface area (Å²) in [6.45, 7) is 2.81. The number of furan rings is 1. The van der Waals surface area contributed by atoms with Gasteiger partial charge >= 0.3 is 0 Å². The van der Waals surface area contributed by atoms with Crippen molar-refractivity contribution >= 4 is 0 Å². The molecule has 0 atom stereocenters. The van der Waals surface area contributed by atoms with Gasteiger partial charge in [0.2, 0.25) is 5.82 Å². The SMILES string of the molecule is Cc1oc(Cn2nnc(-c3ccccc3)n2)cc1CN. The van der Waals surface area contributed by atoms with Crippen LogP contribution in [-0.4, -0.2) is 20.2 Å². The van der Waals surface area contributed by atoms with E-state index in [9.17, 15) is 0 Å². The molecule has 0 saturated heterocycles. The maximum Gasteiger partial charge on any atom is 0.204 e. The van der Waals surface area contributed by atoms with Gasteiger partial charge in [0, 0.05) is 17.7 Å². The highest BCUT2D eigenvalue weighted by Gasteiger charge is 2.10. The summed E-state index contributed by atoms with van der Waals surface area (Å²) in [6.07, 6.45) is 0. The second-order valence-corrected chi connectivity index (χ2v) is 4.51. The van der Waals surface area contributed by atoms with Crippen LogP contribution in [0, 0.1) is 6.92 Å². The van der Waals surface area contributed by atoms with Crippen LogP contribution in [0.15, 0.2) is 40.8 Å². The second-order valence-electron chi connectivity index (χ2n) is 4.51. The van der Waals surface area contributed by atoms with E-state index in [1.165, 1.54) is 4.80 Å². The van der Waals surface area contributed by atoms with Crippen molar-refractivity contribution in [2.75, 3.05) is 0 Å². The number of tetrazole rings is 1. The van der Waals surface area contributed by atoms with Crippen molar-refractivity contribution in [3.05, 3.63) is 53.5 Å². The van der Waals surface area contributed by atoms with Crippen LogP contribution in [0.1, 0.15) is 17.1 Å². The molecule has 0 radical (unpaired) electrons. The highest BCUT2D eigenvalue weighted by atomic mass is 16.3. The average Bonchev–Trinajstić information content (AvgIpc) is 3.07. The van der Waals surface area contributed by atoms with E-state index in [4.69, 9.17) is 10.2 Å². The highest BCUT2D eigenvalue weighted by molar-refractivity contribution is 5.52. The third kappa shape index (κ3) is 2.46. The normalized spacial score (nSPS) is 10.9. The number of nitrogens with two attached hydrogens (primary N) is 1. The summed E-state index contributed by atoms with van der Waals surface area (Å²) in [4.78, 5) is 1.51. The van der Waals surface area contributed by atoms with Gasteiger partial charge in [0.1, 0.15) is 18.1 Å². The molecule has 6 heteroatoms. The minimum Gasteiger partial charge on any atom is -0.464 e. The van der Waals surface area contributed by atoms with Gasteiger partial charge in [0.25, 0.3) is 0 Å². The molecule has 1 aromatic carbocycles. The topological polar surface area (TPSA) is 82.8 Å². The molecule has 0 amide bonds. The van der Waals surface area contributed by atoms with Crippen LogP contribution in [0.2, 0.25) is 0 Å². The molecule has 2 N–H and O–H groups in total. The second kappa shape index (κ2) is 5.26. The summed E-state index contributed by atoms with van der Waals surface area (Å²) in [7, 11) is 0. The van der Waals surface area contributed by atoms with Gasteiger partial charge in [0.05, 0.1) is 0 Å². The minimum absolute atomic E-state index is 0.445. The van der Waals surface area contributed by atoms with Crippen LogP contribution in [0.25, 0.3) is 11.4 Å². The molecule has 0 fully saturated rings.